The summed E-state index contributed by atoms with van der Waals surface area (Å²) in [4.78, 5) is 17.1. The molecule has 0 aliphatic carbocycles. The zero-order valence-corrected chi connectivity index (χ0v) is 18.1. The number of carbonyl (C=O) groups is 1. The first-order valence-electron chi connectivity index (χ1n) is 10.2. The summed E-state index contributed by atoms with van der Waals surface area (Å²) < 4.78 is 15.3. The minimum absolute atomic E-state index is 0.0522. The van der Waals surface area contributed by atoms with Crippen LogP contribution < -0.4 is 10.7 Å². The predicted octanol–water partition coefficient (Wildman–Crippen LogP) is 2.55. The second-order valence-electron chi connectivity index (χ2n) is 7.44. The van der Waals surface area contributed by atoms with Gasteiger partial charge in [0.25, 0.3) is 0 Å². The number of amides is 1. The Morgan fingerprint density at radius 2 is 1.74 bits per heavy atom. The number of para-hydroxylation sites is 1. The summed E-state index contributed by atoms with van der Waals surface area (Å²) >= 11 is 1.27. The van der Waals surface area contributed by atoms with E-state index in [2.05, 4.69) is 27.2 Å². The molecule has 1 atom stereocenters. The molecule has 1 saturated heterocycles. The van der Waals surface area contributed by atoms with Crippen molar-refractivity contribution in [2.75, 3.05) is 36.9 Å². The Bertz CT molecular complexity index is 1040. The summed E-state index contributed by atoms with van der Waals surface area (Å²) in [6.07, 6.45) is 0.237. The number of hydrogen-bond donors (Lipinski definition) is 1. The Morgan fingerprint density at radius 3 is 2.45 bits per heavy atom. The number of nitrogens with two attached hydrogens (primary N) is 1. The van der Waals surface area contributed by atoms with Crippen LogP contribution in [0.15, 0.2) is 59.8 Å². The van der Waals surface area contributed by atoms with Gasteiger partial charge >= 0.3 is 0 Å². The molecule has 1 amide bonds. The normalized spacial score (nSPS) is 15.2. The van der Waals surface area contributed by atoms with E-state index in [1.54, 1.807) is 18.2 Å². The first-order valence-corrected chi connectivity index (χ1v) is 11.1. The number of nitrogens with zero attached hydrogens (tertiary/aromatic N) is 5. The summed E-state index contributed by atoms with van der Waals surface area (Å²) in [5.74, 6) is 6.32. The number of nitrogen functional groups attached to an aromatic ring is 1. The fourth-order valence-electron chi connectivity index (χ4n) is 3.61. The van der Waals surface area contributed by atoms with Crippen molar-refractivity contribution in [2.24, 2.45) is 0 Å². The smallest absolute Gasteiger partial charge is 0.236 e. The van der Waals surface area contributed by atoms with E-state index >= 15 is 0 Å². The third-order valence-electron chi connectivity index (χ3n) is 5.38. The number of anilines is 1. The molecule has 0 spiro atoms. The van der Waals surface area contributed by atoms with E-state index < -0.39 is 0 Å². The number of thioether (sulfide) groups is 1. The van der Waals surface area contributed by atoms with Gasteiger partial charge < -0.3 is 15.6 Å². The van der Waals surface area contributed by atoms with Crippen LogP contribution in [0.4, 0.5) is 10.1 Å². The third kappa shape index (κ3) is 4.82. The standard InChI is InChI=1S/C22H25FN6OS/c1-16(21(30)28-13-11-27(12-14-28)18-8-3-2-4-9-18)31-22-26-25-20(29(22)24)15-17-7-5-6-10-19(17)23/h2-10,16H,11-15,24H2,1H3. The van der Waals surface area contributed by atoms with Gasteiger partial charge in [-0.1, -0.05) is 48.2 Å². The molecular formula is C22H25FN6OS. The van der Waals surface area contributed by atoms with Crippen LogP contribution in [0.1, 0.15) is 18.3 Å². The van der Waals surface area contributed by atoms with E-state index in [-0.39, 0.29) is 23.4 Å². The molecule has 1 aliphatic rings. The second-order valence-corrected chi connectivity index (χ2v) is 8.75. The Kier molecular flexibility index (Phi) is 6.41. The first kappa shape index (κ1) is 21.2. The summed E-state index contributed by atoms with van der Waals surface area (Å²) in [5, 5.41) is 8.29. The Morgan fingerprint density at radius 1 is 1.06 bits per heavy atom. The summed E-state index contributed by atoms with van der Waals surface area (Å²) in [6.45, 7) is 4.79. The SMILES string of the molecule is CC(Sc1nnc(Cc2ccccc2F)n1N)C(=O)N1CCN(c2ccccc2)CC1. The van der Waals surface area contributed by atoms with E-state index in [4.69, 9.17) is 5.84 Å². The van der Waals surface area contributed by atoms with Crippen molar-refractivity contribution in [3.05, 3.63) is 71.8 Å². The zero-order valence-electron chi connectivity index (χ0n) is 17.3. The molecule has 1 unspecified atom stereocenters. The Balaban J connectivity index is 1.34. The van der Waals surface area contributed by atoms with Gasteiger partial charge in [0.1, 0.15) is 5.82 Å². The molecule has 1 fully saturated rings. The van der Waals surface area contributed by atoms with E-state index in [0.717, 1.165) is 13.1 Å². The highest BCUT2D eigenvalue weighted by atomic mass is 32.2. The summed E-state index contributed by atoms with van der Waals surface area (Å²) in [5.41, 5.74) is 1.68. The van der Waals surface area contributed by atoms with Crippen molar-refractivity contribution in [3.8, 4) is 0 Å². The Hall–Kier alpha value is -3.07. The summed E-state index contributed by atoms with van der Waals surface area (Å²) in [7, 11) is 0. The van der Waals surface area contributed by atoms with Crippen LogP contribution >= 0.6 is 11.8 Å². The highest BCUT2D eigenvalue weighted by Crippen LogP contribution is 2.24. The number of rotatable bonds is 6. The van der Waals surface area contributed by atoms with Crippen molar-refractivity contribution in [1.29, 1.82) is 0 Å². The maximum absolute atomic E-state index is 13.9. The predicted molar refractivity (Wildman–Crippen MR) is 120 cm³/mol. The van der Waals surface area contributed by atoms with E-state index in [1.165, 1.54) is 28.2 Å². The van der Waals surface area contributed by atoms with E-state index in [1.807, 2.05) is 30.0 Å². The number of carbonyl (C=O) groups excluding carboxylic acids is 1. The molecule has 0 saturated carbocycles. The number of piperazine rings is 1. The number of benzene rings is 2. The molecule has 2 N–H and O–H groups in total. The lowest BCUT2D eigenvalue weighted by Crippen LogP contribution is -2.50. The van der Waals surface area contributed by atoms with Crippen molar-refractivity contribution in [2.45, 2.75) is 23.8 Å². The largest absolute Gasteiger partial charge is 0.368 e. The van der Waals surface area contributed by atoms with Gasteiger partial charge in [0.05, 0.1) is 5.25 Å². The van der Waals surface area contributed by atoms with E-state index in [9.17, 15) is 9.18 Å². The second kappa shape index (κ2) is 9.38. The zero-order chi connectivity index (χ0) is 21.8. The molecule has 162 valence electrons. The topological polar surface area (TPSA) is 80.3 Å². The van der Waals surface area contributed by atoms with Gasteiger partial charge in [-0.2, -0.15) is 0 Å². The van der Waals surface area contributed by atoms with Crippen molar-refractivity contribution in [3.63, 3.8) is 0 Å². The fourth-order valence-corrected chi connectivity index (χ4v) is 4.48. The highest BCUT2D eigenvalue weighted by molar-refractivity contribution is 8.00. The van der Waals surface area contributed by atoms with Crippen LogP contribution in [0.5, 0.6) is 0 Å². The molecule has 2 heterocycles. The van der Waals surface area contributed by atoms with Gasteiger partial charge in [-0.25, -0.2) is 9.07 Å². The third-order valence-corrected chi connectivity index (χ3v) is 6.43. The molecule has 0 radical (unpaired) electrons. The molecule has 1 aromatic heterocycles. The van der Waals surface area contributed by atoms with Crippen LogP contribution in [0.25, 0.3) is 0 Å². The van der Waals surface area contributed by atoms with Crippen molar-refractivity contribution >= 4 is 23.4 Å². The monoisotopic (exact) mass is 440 g/mol. The van der Waals surface area contributed by atoms with Gasteiger partial charge in [0.2, 0.25) is 11.1 Å². The van der Waals surface area contributed by atoms with Gasteiger partial charge in [-0.3, -0.25) is 4.79 Å². The summed E-state index contributed by atoms with van der Waals surface area (Å²) in [6, 6.07) is 16.7. The average molecular weight is 441 g/mol. The van der Waals surface area contributed by atoms with Crippen LogP contribution in [0.3, 0.4) is 0 Å². The first-order chi connectivity index (χ1) is 15.0. The number of hydrogen-bond acceptors (Lipinski definition) is 6. The molecule has 7 nitrogen and oxygen atoms in total. The van der Waals surface area contributed by atoms with Crippen molar-refractivity contribution in [1.82, 2.24) is 19.8 Å². The van der Waals surface area contributed by atoms with Crippen LogP contribution in [-0.4, -0.2) is 57.1 Å². The van der Waals surface area contributed by atoms with Crippen molar-refractivity contribution < 1.29 is 9.18 Å². The number of aromatic nitrogens is 3. The maximum atomic E-state index is 13.9. The fraction of sp³-hybridized carbons (Fsp3) is 0.318. The Labute approximate surface area is 185 Å². The van der Waals surface area contributed by atoms with E-state index in [0.29, 0.717) is 29.6 Å². The van der Waals surface area contributed by atoms with Gasteiger partial charge in [0, 0.05) is 38.3 Å². The lowest BCUT2D eigenvalue weighted by Gasteiger charge is -2.37. The molecular weight excluding hydrogens is 415 g/mol. The van der Waals surface area contributed by atoms with Crippen LogP contribution in [0, 0.1) is 5.82 Å². The maximum Gasteiger partial charge on any atom is 0.236 e. The quantitative estimate of drug-likeness (QED) is 0.469. The molecule has 3 aromatic rings. The van der Waals surface area contributed by atoms with Gasteiger partial charge in [-0.15, -0.1) is 10.2 Å². The lowest BCUT2D eigenvalue weighted by molar-refractivity contribution is -0.130. The lowest BCUT2D eigenvalue weighted by atomic mass is 10.1. The highest BCUT2D eigenvalue weighted by Gasteiger charge is 2.27. The molecule has 9 heteroatoms. The number of halogens is 1. The molecule has 1 aliphatic heterocycles. The molecule has 31 heavy (non-hydrogen) atoms. The molecule has 4 rings (SSSR count). The van der Waals surface area contributed by atoms with Gasteiger partial charge in [-0.05, 0) is 30.7 Å². The van der Waals surface area contributed by atoms with Gasteiger partial charge in [0.15, 0.2) is 5.82 Å². The minimum atomic E-state index is -0.351. The average Bonchev–Trinajstić information content (AvgIpc) is 3.14. The molecule has 0 bridgehead atoms. The van der Waals surface area contributed by atoms with Crippen LogP contribution in [0.2, 0.25) is 0 Å². The minimum Gasteiger partial charge on any atom is -0.368 e. The van der Waals surface area contributed by atoms with Crippen LogP contribution in [-0.2, 0) is 11.2 Å². The molecule has 2 aromatic carbocycles.